The van der Waals surface area contributed by atoms with Crippen molar-refractivity contribution in [3.05, 3.63) is 50.9 Å². The average molecular weight is 382 g/mol. The molecule has 20 heavy (non-hydrogen) atoms. The van der Waals surface area contributed by atoms with Crippen LogP contribution in [0.4, 0.5) is 5.69 Å². The van der Waals surface area contributed by atoms with Gasteiger partial charge in [0.25, 0.3) is 5.91 Å². The van der Waals surface area contributed by atoms with E-state index in [0.29, 0.717) is 6.04 Å². The summed E-state index contributed by atoms with van der Waals surface area (Å²) in [5.74, 6) is -0.0498. The minimum atomic E-state index is -0.0498. The first-order valence-electron chi connectivity index (χ1n) is 6.65. The van der Waals surface area contributed by atoms with E-state index in [9.17, 15) is 4.79 Å². The molecule has 0 atom stereocenters. The number of aromatic nitrogens is 1. The summed E-state index contributed by atoms with van der Waals surface area (Å²) in [4.78, 5) is 12.4. The molecule has 106 valence electrons. The van der Waals surface area contributed by atoms with Crippen molar-refractivity contribution in [2.45, 2.75) is 33.7 Å². The van der Waals surface area contributed by atoms with Crippen LogP contribution in [0.5, 0.6) is 0 Å². The highest BCUT2D eigenvalue weighted by atomic mass is 127. The Bertz CT molecular complexity index is 627. The molecule has 0 aliphatic heterocycles. The second-order valence-corrected chi connectivity index (χ2v) is 6.46. The van der Waals surface area contributed by atoms with Crippen molar-refractivity contribution in [3.8, 4) is 0 Å². The van der Waals surface area contributed by atoms with Crippen molar-refractivity contribution in [1.29, 1.82) is 0 Å². The monoisotopic (exact) mass is 382 g/mol. The van der Waals surface area contributed by atoms with Gasteiger partial charge in [0.05, 0.1) is 5.56 Å². The number of amides is 1. The zero-order valence-electron chi connectivity index (χ0n) is 12.2. The second-order valence-electron chi connectivity index (χ2n) is 5.21. The Morgan fingerprint density at radius 2 is 1.80 bits per heavy atom. The zero-order valence-corrected chi connectivity index (χ0v) is 14.4. The lowest BCUT2D eigenvalue weighted by atomic mass is 10.2. The third-order valence-electron chi connectivity index (χ3n) is 3.35. The molecule has 1 aromatic carbocycles. The lowest BCUT2D eigenvalue weighted by molar-refractivity contribution is 0.102. The van der Waals surface area contributed by atoms with Gasteiger partial charge in [0.1, 0.15) is 0 Å². The van der Waals surface area contributed by atoms with Gasteiger partial charge in [-0.2, -0.15) is 0 Å². The molecule has 4 heteroatoms. The van der Waals surface area contributed by atoms with E-state index in [1.54, 1.807) is 0 Å². The first-order chi connectivity index (χ1) is 9.40. The standard InChI is InChI=1S/C16H19IN2O/c1-10(2)19-11(3)9-15(12(19)4)16(20)18-14-7-5-13(17)6-8-14/h5-10H,1-4H3,(H,18,20). The van der Waals surface area contributed by atoms with E-state index in [1.165, 1.54) is 0 Å². The maximum Gasteiger partial charge on any atom is 0.257 e. The van der Waals surface area contributed by atoms with Gasteiger partial charge in [0.15, 0.2) is 0 Å². The Labute approximate surface area is 133 Å². The van der Waals surface area contributed by atoms with E-state index in [0.717, 1.165) is 26.2 Å². The second kappa shape index (κ2) is 5.99. The highest BCUT2D eigenvalue weighted by molar-refractivity contribution is 14.1. The van der Waals surface area contributed by atoms with Crippen molar-refractivity contribution in [1.82, 2.24) is 4.57 Å². The number of hydrogen-bond donors (Lipinski definition) is 1. The molecule has 1 heterocycles. The Morgan fingerprint density at radius 3 is 2.30 bits per heavy atom. The average Bonchev–Trinajstić information content (AvgIpc) is 2.67. The van der Waals surface area contributed by atoms with Crippen LogP contribution in [0.1, 0.15) is 41.6 Å². The predicted octanol–water partition coefficient (Wildman–Crippen LogP) is 4.54. The fraction of sp³-hybridized carbons (Fsp3) is 0.312. The molecule has 2 aromatic rings. The Balaban J connectivity index is 2.26. The van der Waals surface area contributed by atoms with Crippen molar-refractivity contribution in [3.63, 3.8) is 0 Å². The summed E-state index contributed by atoms with van der Waals surface area (Å²) in [5, 5.41) is 2.95. The van der Waals surface area contributed by atoms with Crippen LogP contribution in [-0.2, 0) is 0 Å². The number of rotatable bonds is 3. The summed E-state index contributed by atoms with van der Waals surface area (Å²) in [5.41, 5.74) is 3.70. The van der Waals surface area contributed by atoms with E-state index in [1.807, 2.05) is 44.2 Å². The van der Waals surface area contributed by atoms with Crippen LogP contribution in [0.3, 0.4) is 0 Å². The first-order valence-corrected chi connectivity index (χ1v) is 7.73. The maximum atomic E-state index is 12.4. The minimum Gasteiger partial charge on any atom is -0.346 e. The van der Waals surface area contributed by atoms with E-state index in [-0.39, 0.29) is 5.91 Å². The first kappa shape index (κ1) is 15.1. The van der Waals surface area contributed by atoms with Crippen LogP contribution in [-0.4, -0.2) is 10.5 Å². The van der Waals surface area contributed by atoms with Gasteiger partial charge in [0, 0.05) is 26.7 Å². The van der Waals surface area contributed by atoms with Gasteiger partial charge in [-0.25, -0.2) is 0 Å². The molecule has 0 aliphatic rings. The van der Waals surface area contributed by atoms with Crippen LogP contribution >= 0.6 is 22.6 Å². The van der Waals surface area contributed by atoms with Crippen LogP contribution < -0.4 is 5.32 Å². The fourth-order valence-electron chi connectivity index (χ4n) is 2.53. The molecule has 0 bridgehead atoms. The number of aryl methyl sites for hydroxylation is 1. The molecule has 2 rings (SSSR count). The molecular formula is C16H19IN2O. The Kier molecular flexibility index (Phi) is 4.52. The molecule has 1 amide bonds. The molecule has 1 aromatic heterocycles. The molecule has 0 aliphatic carbocycles. The number of nitrogens with one attached hydrogen (secondary N) is 1. The largest absolute Gasteiger partial charge is 0.346 e. The number of nitrogens with zero attached hydrogens (tertiary/aromatic N) is 1. The molecule has 0 radical (unpaired) electrons. The molecule has 0 fully saturated rings. The summed E-state index contributed by atoms with van der Waals surface area (Å²) < 4.78 is 3.33. The Morgan fingerprint density at radius 1 is 1.20 bits per heavy atom. The van der Waals surface area contributed by atoms with Crippen molar-refractivity contribution < 1.29 is 4.79 Å². The number of benzene rings is 1. The van der Waals surface area contributed by atoms with Gasteiger partial charge < -0.3 is 9.88 Å². The van der Waals surface area contributed by atoms with Crippen LogP contribution in [0.2, 0.25) is 0 Å². The summed E-state index contributed by atoms with van der Waals surface area (Å²) in [6.45, 7) is 8.28. The van der Waals surface area contributed by atoms with Crippen molar-refractivity contribution in [2.75, 3.05) is 5.32 Å². The summed E-state index contributed by atoms with van der Waals surface area (Å²) in [6, 6.07) is 10.1. The number of halogens is 1. The lowest BCUT2D eigenvalue weighted by Gasteiger charge is -2.13. The fourth-order valence-corrected chi connectivity index (χ4v) is 2.89. The summed E-state index contributed by atoms with van der Waals surface area (Å²) in [7, 11) is 0. The SMILES string of the molecule is Cc1cc(C(=O)Nc2ccc(I)cc2)c(C)n1C(C)C. The summed E-state index contributed by atoms with van der Waals surface area (Å²) in [6.07, 6.45) is 0. The molecule has 0 saturated carbocycles. The molecule has 0 spiro atoms. The number of carbonyl (C=O) groups is 1. The maximum absolute atomic E-state index is 12.4. The van der Waals surface area contributed by atoms with Gasteiger partial charge in [0.2, 0.25) is 0 Å². The molecule has 3 nitrogen and oxygen atoms in total. The number of carbonyl (C=O) groups excluding carboxylic acids is 1. The molecule has 1 N–H and O–H groups in total. The lowest BCUT2D eigenvalue weighted by Crippen LogP contribution is -2.13. The Hall–Kier alpha value is -1.30. The van der Waals surface area contributed by atoms with Gasteiger partial charge in [-0.05, 0) is 80.6 Å². The molecular weight excluding hydrogens is 363 g/mol. The van der Waals surface area contributed by atoms with Crippen molar-refractivity contribution >= 4 is 34.2 Å². The van der Waals surface area contributed by atoms with Crippen LogP contribution in [0, 0.1) is 17.4 Å². The van der Waals surface area contributed by atoms with Gasteiger partial charge in [-0.15, -0.1) is 0 Å². The van der Waals surface area contributed by atoms with Gasteiger partial charge in [-0.3, -0.25) is 4.79 Å². The van der Waals surface area contributed by atoms with Crippen molar-refractivity contribution in [2.24, 2.45) is 0 Å². The van der Waals surface area contributed by atoms with Crippen LogP contribution in [0.25, 0.3) is 0 Å². The minimum absolute atomic E-state index is 0.0498. The quantitative estimate of drug-likeness (QED) is 0.777. The summed E-state index contributed by atoms with van der Waals surface area (Å²) >= 11 is 2.25. The molecule has 0 unspecified atom stereocenters. The smallest absolute Gasteiger partial charge is 0.257 e. The molecule has 0 saturated heterocycles. The van der Waals surface area contributed by atoms with E-state index in [2.05, 4.69) is 46.3 Å². The third kappa shape index (κ3) is 3.06. The van der Waals surface area contributed by atoms with Gasteiger partial charge in [-0.1, -0.05) is 0 Å². The highest BCUT2D eigenvalue weighted by Gasteiger charge is 2.17. The van der Waals surface area contributed by atoms with Crippen LogP contribution in [0.15, 0.2) is 30.3 Å². The normalized spacial score (nSPS) is 10.9. The van der Waals surface area contributed by atoms with Gasteiger partial charge >= 0.3 is 0 Å². The van der Waals surface area contributed by atoms with E-state index >= 15 is 0 Å². The van der Waals surface area contributed by atoms with E-state index < -0.39 is 0 Å². The number of hydrogen-bond acceptors (Lipinski definition) is 1. The topological polar surface area (TPSA) is 34.0 Å². The number of anilines is 1. The van der Waals surface area contributed by atoms with E-state index in [4.69, 9.17) is 0 Å². The highest BCUT2D eigenvalue weighted by Crippen LogP contribution is 2.21. The third-order valence-corrected chi connectivity index (χ3v) is 4.07. The predicted molar refractivity (Wildman–Crippen MR) is 91.4 cm³/mol. The zero-order chi connectivity index (χ0) is 14.9.